The second kappa shape index (κ2) is 8.99. The summed E-state index contributed by atoms with van der Waals surface area (Å²) in [6.45, 7) is 9.33. The number of halogens is 1. The van der Waals surface area contributed by atoms with Gasteiger partial charge in [-0.2, -0.15) is 5.10 Å². The molecule has 1 amide bonds. The molecule has 0 atom stereocenters. The molecule has 0 unspecified atom stereocenters. The Labute approximate surface area is 159 Å². The molecule has 7 heteroatoms. The zero-order valence-electron chi connectivity index (χ0n) is 16.0. The summed E-state index contributed by atoms with van der Waals surface area (Å²) in [6.07, 6.45) is 0.888. The quantitative estimate of drug-likeness (QED) is 0.782. The lowest BCUT2D eigenvalue weighted by Crippen LogP contribution is -2.48. The molecule has 1 fully saturated rings. The Morgan fingerprint density at radius 1 is 1.22 bits per heavy atom. The highest BCUT2D eigenvalue weighted by Crippen LogP contribution is 2.16. The maximum Gasteiger partial charge on any atom is 0.271 e. The maximum atomic E-state index is 13.0. The van der Waals surface area contributed by atoms with Crippen LogP contribution in [-0.2, 0) is 6.42 Å². The van der Waals surface area contributed by atoms with Gasteiger partial charge >= 0.3 is 0 Å². The highest BCUT2D eigenvalue weighted by atomic mass is 19.1. The Morgan fingerprint density at radius 3 is 2.59 bits per heavy atom. The molecule has 0 radical (unpaired) electrons. The Bertz CT molecular complexity index is 735. The number of amides is 1. The van der Waals surface area contributed by atoms with Gasteiger partial charge in [-0.3, -0.25) is 14.8 Å². The third kappa shape index (κ3) is 5.53. The van der Waals surface area contributed by atoms with Crippen molar-refractivity contribution in [1.29, 1.82) is 0 Å². The summed E-state index contributed by atoms with van der Waals surface area (Å²) < 4.78 is 13.0. The summed E-state index contributed by atoms with van der Waals surface area (Å²) in [6, 6.07) is 8.47. The lowest BCUT2D eigenvalue weighted by atomic mass is 10.1. The molecule has 1 aromatic carbocycles. The predicted molar refractivity (Wildman–Crippen MR) is 105 cm³/mol. The van der Waals surface area contributed by atoms with Crippen LogP contribution in [0.15, 0.2) is 30.3 Å². The highest BCUT2D eigenvalue weighted by molar-refractivity contribution is 5.92. The number of H-pyrrole nitrogens is 1. The van der Waals surface area contributed by atoms with Gasteiger partial charge in [0.25, 0.3) is 5.91 Å². The third-order valence-corrected chi connectivity index (χ3v) is 4.77. The van der Waals surface area contributed by atoms with Crippen LogP contribution in [0, 0.1) is 11.7 Å². The van der Waals surface area contributed by atoms with Crippen LogP contribution in [0.5, 0.6) is 0 Å². The molecule has 1 aliphatic rings. The minimum atomic E-state index is -0.207. The molecule has 2 heterocycles. The molecular weight excluding hydrogens is 345 g/mol. The molecule has 0 bridgehead atoms. The van der Waals surface area contributed by atoms with Gasteiger partial charge in [0.05, 0.1) is 0 Å². The van der Waals surface area contributed by atoms with Crippen molar-refractivity contribution in [2.45, 2.75) is 20.3 Å². The SMILES string of the molecule is CC(C)Cc1cc(C(=O)NCCN2CCN(c3ccc(F)cc3)CC2)n[nH]1. The first-order valence-electron chi connectivity index (χ1n) is 9.56. The molecule has 0 saturated carbocycles. The predicted octanol–water partition coefficient (Wildman–Crippen LogP) is 2.30. The summed E-state index contributed by atoms with van der Waals surface area (Å²) >= 11 is 0. The van der Waals surface area contributed by atoms with Crippen molar-refractivity contribution >= 4 is 11.6 Å². The standard InChI is InChI=1S/C20H28FN5O/c1-15(2)13-17-14-19(24-23-17)20(27)22-7-8-25-9-11-26(12-10-25)18-5-3-16(21)4-6-18/h3-6,14-15H,7-13H2,1-2H3,(H,22,27)(H,23,24). The van der Waals surface area contributed by atoms with E-state index in [9.17, 15) is 9.18 Å². The van der Waals surface area contributed by atoms with E-state index >= 15 is 0 Å². The third-order valence-electron chi connectivity index (χ3n) is 4.77. The number of aromatic nitrogens is 2. The van der Waals surface area contributed by atoms with Crippen molar-refractivity contribution in [3.05, 3.63) is 47.5 Å². The van der Waals surface area contributed by atoms with Crippen LogP contribution in [0.3, 0.4) is 0 Å². The number of hydrogen-bond donors (Lipinski definition) is 2. The highest BCUT2D eigenvalue weighted by Gasteiger charge is 2.17. The monoisotopic (exact) mass is 373 g/mol. The van der Waals surface area contributed by atoms with Crippen LogP contribution in [0.1, 0.15) is 30.0 Å². The molecule has 2 N–H and O–H groups in total. The van der Waals surface area contributed by atoms with Gasteiger partial charge in [-0.1, -0.05) is 13.8 Å². The van der Waals surface area contributed by atoms with Crippen LogP contribution in [0.25, 0.3) is 0 Å². The van der Waals surface area contributed by atoms with Gasteiger partial charge in [0, 0.05) is 50.6 Å². The van der Waals surface area contributed by atoms with Crippen LogP contribution in [0.4, 0.5) is 10.1 Å². The van der Waals surface area contributed by atoms with Crippen molar-refractivity contribution in [3.8, 4) is 0 Å². The number of hydrogen-bond acceptors (Lipinski definition) is 4. The number of anilines is 1. The number of carbonyl (C=O) groups excluding carboxylic acids is 1. The zero-order valence-corrected chi connectivity index (χ0v) is 16.0. The molecule has 1 aromatic heterocycles. The second-order valence-corrected chi connectivity index (χ2v) is 7.44. The van der Waals surface area contributed by atoms with E-state index in [0.717, 1.165) is 50.5 Å². The van der Waals surface area contributed by atoms with Crippen LogP contribution in [-0.4, -0.2) is 60.3 Å². The molecule has 146 valence electrons. The molecular formula is C20H28FN5O. The Kier molecular flexibility index (Phi) is 6.45. The molecule has 0 aliphatic carbocycles. The Balaban J connectivity index is 1.38. The first kappa shape index (κ1) is 19.4. The normalized spacial score (nSPS) is 15.3. The topological polar surface area (TPSA) is 64.3 Å². The maximum absolute atomic E-state index is 13.0. The van der Waals surface area contributed by atoms with E-state index < -0.39 is 0 Å². The van der Waals surface area contributed by atoms with E-state index in [1.807, 2.05) is 18.2 Å². The summed E-state index contributed by atoms with van der Waals surface area (Å²) in [7, 11) is 0. The lowest BCUT2D eigenvalue weighted by Gasteiger charge is -2.36. The molecule has 6 nitrogen and oxygen atoms in total. The second-order valence-electron chi connectivity index (χ2n) is 7.44. The number of carbonyl (C=O) groups is 1. The van der Waals surface area contributed by atoms with Gasteiger partial charge in [0.15, 0.2) is 0 Å². The molecule has 3 rings (SSSR count). The number of piperazine rings is 1. The fraction of sp³-hybridized carbons (Fsp3) is 0.500. The number of rotatable bonds is 7. The largest absolute Gasteiger partial charge is 0.369 e. The van der Waals surface area contributed by atoms with Crippen molar-refractivity contribution in [2.75, 3.05) is 44.2 Å². The molecule has 2 aromatic rings. The average molecular weight is 373 g/mol. The fourth-order valence-corrected chi connectivity index (χ4v) is 3.32. The Morgan fingerprint density at radius 2 is 1.93 bits per heavy atom. The van der Waals surface area contributed by atoms with Gasteiger partial charge < -0.3 is 10.2 Å². The van der Waals surface area contributed by atoms with E-state index in [2.05, 4.69) is 39.2 Å². The number of benzene rings is 1. The van der Waals surface area contributed by atoms with Crippen LogP contribution < -0.4 is 10.2 Å². The molecule has 27 heavy (non-hydrogen) atoms. The van der Waals surface area contributed by atoms with Gasteiger partial charge in [0.1, 0.15) is 11.5 Å². The number of aromatic amines is 1. The van der Waals surface area contributed by atoms with Gasteiger partial charge in [-0.25, -0.2) is 4.39 Å². The fourth-order valence-electron chi connectivity index (χ4n) is 3.32. The zero-order chi connectivity index (χ0) is 19.2. The molecule has 1 saturated heterocycles. The van der Waals surface area contributed by atoms with Crippen LogP contribution in [0.2, 0.25) is 0 Å². The minimum Gasteiger partial charge on any atom is -0.369 e. The van der Waals surface area contributed by atoms with Gasteiger partial charge in [-0.05, 0) is 42.7 Å². The smallest absolute Gasteiger partial charge is 0.271 e. The lowest BCUT2D eigenvalue weighted by molar-refractivity contribution is 0.0942. The number of nitrogens with zero attached hydrogens (tertiary/aromatic N) is 3. The van der Waals surface area contributed by atoms with Crippen molar-refractivity contribution in [3.63, 3.8) is 0 Å². The molecule has 0 spiro atoms. The minimum absolute atomic E-state index is 0.133. The van der Waals surface area contributed by atoms with E-state index in [1.165, 1.54) is 12.1 Å². The van der Waals surface area contributed by atoms with Crippen LogP contribution >= 0.6 is 0 Å². The first-order chi connectivity index (χ1) is 13.0. The van der Waals surface area contributed by atoms with E-state index in [1.54, 1.807) is 0 Å². The Hall–Kier alpha value is -2.41. The van der Waals surface area contributed by atoms with Gasteiger partial charge in [-0.15, -0.1) is 0 Å². The first-order valence-corrected chi connectivity index (χ1v) is 9.56. The summed E-state index contributed by atoms with van der Waals surface area (Å²) in [5.74, 6) is 0.183. The van der Waals surface area contributed by atoms with Crippen molar-refractivity contribution in [2.24, 2.45) is 5.92 Å². The van der Waals surface area contributed by atoms with Crippen molar-refractivity contribution < 1.29 is 9.18 Å². The van der Waals surface area contributed by atoms with E-state index in [0.29, 0.717) is 18.2 Å². The average Bonchev–Trinajstić information content (AvgIpc) is 3.11. The molecule has 1 aliphatic heterocycles. The van der Waals surface area contributed by atoms with Crippen molar-refractivity contribution in [1.82, 2.24) is 20.4 Å². The summed E-state index contributed by atoms with van der Waals surface area (Å²) in [5, 5.41) is 9.98. The summed E-state index contributed by atoms with van der Waals surface area (Å²) in [4.78, 5) is 16.8. The van der Waals surface area contributed by atoms with E-state index in [-0.39, 0.29) is 11.7 Å². The number of nitrogens with one attached hydrogen (secondary N) is 2. The van der Waals surface area contributed by atoms with E-state index in [4.69, 9.17) is 0 Å². The summed E-state index contributed by atoms with van der Waals surface area (Å²) in [5.41, 5.74) is 2.50. The van der Waals surface area contributed by atoms with Gasteiger partial charge in [0.2, 0.25) is 0 Å².